The number of nitrogens with zero attached hydrogens (tertiary/aromatic N) is 1. The minimum Gasteiger partial charge on any atom is -0.380 e. The molecule has 0 spiro atoms. The highest BCUT2D eigenvalue weighted by molar-refractivity contribution is 4.74. The molecule has 1 heterocycles. The Morgan fingerprint density at radius 1 is 1.50 bits per heavy atom. The molecule has 1 saturated heterocycles. The second-order valence-corrected chi connectivity index (χ2v) is 4.85. The summed E-state index contributed by atoms with van der Waals surface area (Å²) in [5.74, 6) is 1.20. The second kappa shape index (κ2) is 5.69. The highest BCUT2D eigenvalue weighted by Crippen LogP contribution is 2.08. The molecule has 0 aliphatic carbocycles. The molecule has 1 unspecified atom stereocenters. The van der Waals surface area contributed by atoms with Crippen molar-refractivity contribution in [2.75, 3.05) is 32.8 Å². The maximum atomic E-state index is 6.06. The summed E-state index contributed by atoms with van der Waals surface area (Å²) in [7, 11) is 0. The third kappa shape index (κ3) is 3.95. The molecule has 0 aromatic heterocycles. The molecule has 0 aromatic rings. The van der Waals surface area contributed by atoms with Gasteiger partial charge in [-0.2, -0.15) is 0 Å². The molecule has 14 heavy (non-hydrogen) atoms. The van der Waals surface area contributed by atoms with Crippen LogP contribution in [0.1, 0.15) is 20.8 Å². The zero-order chi connectivity index (χ0) is 10.6. The largest absolute Gasteiger partial charge is 0.380 e. The Balaban J connectivity index is 2.34. The number of hydrogen-bond donors (Lipinski definition) is 1. The van der Waals surface area contributed by atoms with E-state index in [9.17, 15) is 0 Å². The van der Waals surface area contributed by atoms with E-state index in [1.165, 1.54) is 0 Å². The van der Waals surface area contributed by atoms with Gasteiger partial charge < -0.3 is 10.5 Å². The molecule has 84 valence electrons. The SMILES string of the molecule is CC1COCCN(C[C@@H](N)C(C)C)C1. The second-order valence-electron chi connectivity index (χ2n) is 4.85. The highest BCUT2D eigenvalue weighted by Gasteiger charge is 2.18. The van der Waals surface area contributed by atoms with E-state index < -0.39 is 0 Å². The van der Waals surface area contributed by atoms with Crippen LogP contribution in [0.25, 0.3) is 0 Å². The van der Waals surface area contributed by atoms with Crippen LogP contribution in [-0.4, -0.2) is 43.8 Å². The fourth-order valence-electron chi connectivity index (χ4n) is 1.74. The minimum absolute atomic E-state index is 0.292. The van der Waals surface area contributed by atoms with Gasteiger partial charge in [0.1, 0.15) is 0 Å². The molecular weight excluding hydrogens is 176 g/mol. The fraction of sp³-hybridized carbons (Fsp3) is 1.00. The fourth-order valence-corrected chi connectivity index (χ4v) is 1.74. The molecule has 3 heteroatoms. The highest BCUT2D eigenvalue weighted by atomic mass is 16.5. The van der Waals surface area contributed by atoms with Crippen molar-refractivity contribution >= 4 is 0 Å². The van der Waals surface area contributed by atoms with Crippen molar-refractivity contribution in [1.82, 2.24) is 4.90 Å². The van der Waals surface area contributed by atoms with Crippen molar-refractivity contribution in [3.05, 3.63) is 0 Å². The van der Waals surface area contributed by atoms with E-state index in [-0.39, 0.29) is 0 Å². The Labute approximate surface area is 87.6 Å². The van der Waals surface area contributed by atoms with Gasteiger partial charge in [0.25, 0.3) is 0 Å². The van der Waals surface area contributed by atoms with E-state index in [0.29, 0.717) is 17.9 Å². The molecule has 1 fully saturated rings. The van der Waals surface area contributed by atoms with Crippen LogP contribution in [0.2, 0.25) is 0 Å². The van der Waals surface area contributed by atoms with Crippen molar-refractivity contribution in [2.45, 2.75) is 26.8 Å². The summed E-state index contributed by atoms with van der Waals surface area (Å²) in [6.07, 6.45) is 0. The first-order valence-electron chi connectivity index (χ1n) is 5.65. The van der Waals surface area contributed by atoms with E-state index in [2.05, 4.69) is 25.7 Å². The van der Waals surface area contributed by atoms with Gasteiger partial charge in [-0.3, -0.25) is 4.90 Å². The summed E-state index contributed by atoms with van der Waals surface area (Å²) in [6.45, 7) is 11.5. The predicted octanol–water partition coefficient (Wildman–Crippen LogP) is 0.938. The van der Waals surface area contributed by atoms with Crippen LogP contribution in [0.5, 0.6) is 0 Å². The Hall–Kier alpha value is -0.120. The Kier molecular flexibility index (Phi) is 4.85. The van der Waals surface area contributed by atoms with Gasteiger partial charge >= 0.3 is 0 Å². The van der Waals surface area contributed by atoms with Gasteiger partial charge in [0, 0.05) is 25.7 Å². The Morgan fingerprint density at radius 2 is 2.21 bits per heavy atom. The van der Waals surface area contributed by atoms with Crippen LogP contribution in [0.3, 0.4) is 0 Å². The summed E-state index contributed by atoms with van der Waals surface area (Å²) in [4.78, 5) is 2.43. The molecule has 2 N–H and O–H groups in total. The number of rotatable bonds is 3. The van der Waals surface area contributed by atoms with Gasteiger partial charge in [0.15, 0.2) is 0 Å². The zero-order valence-electron chi connectivity index (χ0n) is 9.70. The monoisotopic (exact) mass is 200 g/mol. The third-order valence-electron chi connectivity index (χ3n) is 2.85. The van der Waals surface area contributed by atoms with Crippen molar-refractivity contribution in [1.29, 1.82) is 0 Å². The first-order valence-corrected chi connectivity index (χ1v) is 5.65. The van der Waals surface area contributed by atoms with Crippen LogP contribution >= 0.6 is 0 Å². The minimum atomic E-state index is 0.292. The van der Waals surface area contributed by atoms with Crippen LogP contribution in [0.15, 0.2) is 0 Å². The van der Waals surface area contributed by atoms with Gasteiger partial charge in [-0.15, -0.1) is 0 Å². The maximum Gasteiger partial charge on any atom is 0.0593 e. The normalized spacial score (nSPS) is 27.6. The summed E-state index contributed by atoms with van der Waals surface area (Å²) in [5, 5.41) is 0. The smallest absolute Gasteiger partial charge is 0.0593 e. The lowest BCUT2D eigenvalue weighted by Crippen LogP contribution is -2.42. The molecule has 1 rings (SSSR count). The van der Waals surface area contributed by atoms with E-state index >= 15 is 0 Å². The number of nitrogens with two attached hydrogens (primary N) is 1. The quantitative estimate of drug-likeness (QED) is 0.737. The van der Waals surface area contributed by atoms with Gasteiger partial charge in [-0.05, 0) is 11.8 Å². The standard InChI is InChI=1S/C11H24N2O/c1-9(2)11(12)7-13-4-5-14-8-10(3)6-13/h9-11H,4-8,12H2,1-3H3/t10?,11-/m1/s1. The van der Waals surface area contributed by atoms with Gasteiger partial charge in [-0.25, -0.2) is 0 Å². The van der Waals surface area contributed by atoms with E-state index in [4.69, 9.17) is 10.5 Å². The molecule has 0 radical (unpaired) electrons. The lowest BCUT2D eigenvalue weighted by atomic mass is 10.0. The summed E-state index contributed by atoms with van der Waals surface area (Å²) >= 11 is 0. The summed E-state index contributed by atoms with van der Waals surface area (Å²) < 4.78 is 5.50. The molecule has 1 aliphatic heterocycles. The van der Waals surface area contributed by atoms with Gasteiger partial charge in [0.05, 0.1) is 13.2 Å². The first kappa shape index (κ1) is 12.0. The van der Waals surface area contributed by atoms with Gasteiger partial charge in [-0.1, -0.05) is 20.8 Å². The summed E-state index contributed by atoms with van der Waals surface area (Å²) in [5.41, 5.74) is 6.06. The van der Waals surface area contributed by atoms with E-state index in [1.807, 2.05) is 0 Å². The lowest BCUT2D eigenvalue weighted by molar-refractivity contribution is 0.125. The Bertz CT molecular complexity index is 161. The van der Waals surface area contributed by atoms with Crippen LogP contribution in [0.4, 0.5) is 0 Å². The van der Waals surface area contributed by atoms with Crippen molar-refractivity contribution in [2.24, 2.45) is 17.6 Å². The summed E-state index contributed by atoms with van der Waals surface area (Å²) in [6, 6.07) is 0.292. The van der Waals surface area contributed by atoms with Gasteiger partial charge in [0.2, 0.25) is 0 Å². The number of ether oxygens (including phenoxy) is 1. The predicted molar refractivity (Wildman–Crippen MR) is 59.2 cm³/mol. The third-order valence-corrected chi connectivity index (χ3v) is 2.85. The van der Waals surface area contributed by atoms with Crippen molar-refractivity contribution in [3.63, 3.8) is 0 Å². The molecule has 0 bridgehead atoms. The molecule has 0 saturated carbocycles. The van der Waals surface area contributed by atoms with Crippen molar-refractivity contribution in [3.8, 4) is 0 Å². The average Bonchev–Trinajstić information content (AvgIpc) is 2.29. The van der Waals surface area contributed by atoms with Crippen LogP contribution in [-0.2, 0) is 4.74 Å². The lowest BCUT2D eigenvalue weighted by Gasteiger charge is -2.26. The zero-order valence-corrected chi connectivity index (χ0v) is 9.70. The van der Waals surface area contributed by atoms with E-state index in [1.54, 1.807) is 0 Å². The van der Waals surface area contributed by atoms with E-state index in [0.717, 1.165) is 32.8 Å². The molecule has 0 aromatic carbocycles. The molecular formula is C11H24N2O. The van der Waals surface area contributed by atoms with Crippen molar-refractivity contribution < 1.29 is 4.74 Å². The van der Waals surface area contributed by atoms with Crippen LogP contribution in [0, 0.1) is 11.8 Å². The maximum absolute atomic E-state index is 6.06. The Morgan fingerprint density at radius 3 is 2.86 bits per heavy atom. The molecule has 1 aliphatic rings. The average molecular weight is 200 g/mol. The topological polar surface area (TPSA) is 38.5 Å². The first-order chi connectivity index (χ1) is 6.59. The number of hydrogen-bond acceptors (Lipinski definition) is 3. The molecule has 2 atom stereocenters. The molecule has 3 nitrogen and oxygen atoms in total. The van der Waals surface area contributed by atoms with Crippen LogP contribution < -0.4 is 5.73 Å². The molecule has 0 amide bonds.